The van der Waals surface area contributed by atoms with E-state index in [1.165, 1.54) is 0 Å². The van der Waals surface area contributed by atoms with E-state index in [1.807, 2.05) is 0 Å². The minimum Gasteiger partial charge on any atom is -0.352 e. The second-order valence-electron chi connectivity index (χ2n) is 4.76. The van der Waals surface area contributed by atoms with E-state index in [4.69, 9.17) is 5.14 Å². The van der Waals surface area contributed by atoms with Crippen LogP contribution in [-0.2, 0) is 10.0 Å². The fraction of sp³-hybridized carbons (Fsp3) is 0.364. The summed E-state index contributed by atoms with van der Waals surface area (Å²) >= 11 is 0. The minimum atomic E-state index is -4.52. The second-order valence-corrected chi connectivity index (χ2v) is 6.29. The molecule has 0 bridgehead atoms. The molecule has 0 aliphatic heterocycles. The number of nitrogens with one attached hydrogen (secondary N) is 1. The van der Waals surface area contributed by atoms with Crippen LogP contribution in [0.15, 0.2) is 17.0 Å². The summed E-state index contributed by atoms with van der Waals surface area (Å²) in [5.41, 5.74) is -1.44. The molecule has 2 rings (SSSR count). The lowest BCUT2D eigenvalue weighted by Crippen LogP contribution is -2.27. The summed E-state index contributed by atoms with van der Waals surface area (Å²) in [5.74, 6) is -1.99. The number of halogens is 1. The molecule has 0 atom stereocenters. The van der Waals surface area contributed by atoms with Gasteiger partial charge in [-0.25, -0.2) is 17.9 Å². The molecule has 1 aliphatic carbocycles. The molecule has 1 saturated carbocycles. The first kappa shape index (κ1) is 15.3. The van der Waals surface area contributed by atoms with Crippen LogP contribution >= 0.6 is 0 Å². The Balaban J connectivity index is 2.44. The molecule has 0 aromatic heterocycles. The Morgan fingerprint density at radius 3 is 2.57 bits per heavy atom. The van der Waals surface area contributed by atoms with Crippen molar-refractivity contribution in [2.75, 3.05) is 6.54 Å². The van der Waals surface area contributed by atoms with Gasteiger partial charge >= 0.3 is 0 Å². The maximum atomic E-state index is 14.1. The van der Waals surface area contributed by atoms with Gasteiger partial charge in [-0.2, -0.15) is 0 Å². The molecule has 1 aromatic carbocycles. The van der Waals surface area contributed by atoms with Crippen molar-refractivity contribution in [3.63, 3.8) is 0 Å². The van der Waals surface area contributed by atoms with Crippen LogP contribution in [0.2, 0.25) is 0 Å². The second kappa shape index (κ2) is 5.37. The summed E-state index contributed by atoms with van der Waals surface area (Å²) in [6.07, 6.45) is 1.89. The first-order valence-electron chi connectivity index (χ1n) is 5.99. The summed E-state index contributed by atoms with van der Waals surface area (Å²) in [5, 5.41) is 18.0. The van der Waals surface area contributed by atoms with Gasteiger partial charge < -0.3 is 5.32 Å². The summed E-state index contributed by atoms with van der Waals surface area (Å²) in [6.45, 7) is 0.311. The van der Waals surface area contributed by atoms with Crippen molar-refractivity contribution in [2.24, 2.45) is 11.1 Å². The Morgan fingerprint density at radius 2 is 2.10 bits per heavy atom. The van der Waals surface area contributed by atoms with Crippen molar-refractivity contribution in [3.05, 3.63) is 33.6 Å². The maximum Gasteiger partial charge on any atom is 0.271 e. The van der Waals surface area contributed by atoms with Gasteiger partial charge in [-0.3, -0.25) is 14.9 Å². The molecule has 21 heavy (non-hydrogen) atoms. The molecule has 0 radical (unpaired) electrons. The van der Waals surface area contributed by atoms with E-state index in [-0.39, 0.29) is 0 Å². The van der Waals surface area contributed by atoms with Crippen molar-refractivity contribution in [2.45, 2.75) is 17.7 Å². The zero-order valence-electron chi connectivity index (χ0n) is 10.7. The number of nitro benzene ring substituents is 1. The number of nitrogens with two attached hydrogens (primary N) is 1. The lowest BCUT2D eigenvalue weighted by Gasteiger charge is -2.08. The Kier molecular flexibility index (Phi) is 3.92. The third-order valence-electron chi connectivity index (χ3n) is 3.03. The molecule has 114 valence electrons. The standard InChI is InChI=1S/C11H12FN3O5S/c12-10-8(11(16)14-5-6-1-2-6)3-7(15(17)18)4-9(10)21(13,19)20/h3-4,6H,1-2,5H2,(H,14,16)(H2,13,19,20). The van der Waals surface area contributed by atoms with Gasteiger partial charge in [-0.05, 0) is 18.8 Å². The number of primary sulfonamides is 1. The number of nitrogens with zero attached hydrogens (tertiary/aromatic N) is 1. The molecule has 0 heterocycles. The van der Waals surface area contributed by atoms with Crippen LogP contribution in [0.1, 0.15) is 23.2 Å². The predicted molar refractivity (Wildman–Crippen MR) is 69.5 cm³/mol. The van der Waals surface area contributed by atoms with Crippen LogP contribution in [0.4, 0.5) is 10.1 Å². The van der Waals surface area contributed by atoms with Crippen molar-refractivity contribution < 1.29 is 22.5 Å². The maximum absolute atomic E-state index is 14.1. The third-order valence-corrected chi connectivity index (χ3v) is 3.94. The van der Waals surface area contributed by atoms with E-state index in [1.54, 1.807) is 0 Å². The average Bonchev–Trinajstić information content (AvgIpc) is 3.18. The molecular weight excluding hydrogens is 305 g/mol. The number of non-ortho nitro benzene ring substituents is 1. The Bertz CT molecular complexity index is 715. The summed E-state index contributed by atoms with van der Waals surface area (Å²) < 4.78 is 36.6. The van der Waals surface area contributed by atoms with E-state index in [0.717, 1.165) is 12.8 Å². The van der Waals surface area contributed by atoms with Crippen molar-refractivity contribution in [3.8, 4) is 0 Å². The van der Waals surface area contributed by atoms with Crippen LogP contribution in [-0.4, -0.2) is 25.8 Å². The molecule has 8 nitrogen and oxygen atoms in total. The van der Waals surface area contributed by atoms with Crippen LogP contribution < -0.4 is 10.5 Å². The molecule has 1 aromatic rings. The highest BCUT2D eigenvalue weighted by atomic mass is 32.2. The number of nitro groups is 1. The number of rotatable bonds is 5. The highest BCUT2D eigenvalue weighted by molar-refractivity contribution is 7.89. The normalized spacial score (nSPS) is 14.8. The topological polar surface area (TPSA) is 132 Å². The van der Waals surface area contributed by atoms with Crippen LogP contribution in [0.5, 0.6) is 0 Å². The molecule has 0 saturated heterocycles. The van der Waals surface area contributed by atoms with Gasteiger partial charge in [-0.15, -0.1) is 0 Å². The van der Waals surface area contributed by atoms with E-state index < -0.39 is 42.8 Å². The van der Waals surface area contributed by atoms with Gasteiger partial charge in [0, 0.05) is 18.7 Å². The smallest absolute Gasteiger partial charge is 0.271 e. The summed E-state index contributed by atoms with van der Waals surface area (Å²) in [4.78, 5) is 20.6. The van der Waals surface area contributed by atoms with E-state index >= 15 is 0 Å². The third kappa shape index (κ3) is 3.52. The molecule has 0 unspecified atom stereocenters. The zero-order chi connectivity index (χ0) is 15.8. The Morgan fingerprint density at radius 1 is 1.48 bits per heavy atom. The lowest BCUT2D eigenvalue weighted by molar-refractivity contribution is -0.385. The lowest BCUT2D eigenvalue weighted by atomic mass is 10.1. The SMILES string of the molecule is NS(=O)(=O)c1cc([N+](=O)[O-])cc(C(=O)NCC2CC2)c1F. The number of carbonyl (C=O) groups excluding carboxylic acids is 1. The van der Waals surface area contributed by atoms with Crippen LogP contribution in [0.25, 0.3) is 0 Å². The number of amides is 1. The summed E-state index contributed by atoms with van der Waals surface area (Å²) in [6, 6.07) is 1.18. The highest BCUT2D eigenvalue weighted by Gasteiger charge is 2.28. The van der Waals surface area contributed by atoms with Gasteiger partial charge in [0.2, 0.25) is 10.0 Å². The van der Waals surface area contributed by atoms with Crippen LogP contribution in [0.3, 0.4) is 0 Å². The van der Waals surface area contributed by atoms with Gasteiger partial charge in [0.1, 0.15) is 4.90 Å². The molecule has 0 spiro atoms. The number of benzene rings is 1. The zero-order valence-corrected chi connectivity index (χ0v) is 11.5. The number of hydrogen-bond acceptors (Lipinski definition) is 5. The van der Waals surface area contributed by atoms with E-state index in [0.29, 0.717) is 24.6 Å². The van der Waals surface area contributed by atoms with Gasteiger partial charge in [0.25, 0.3) is 11.6 Å². The molecule has 1 amide bonds. The Labute approximate surface area is 119 Å². The fourth-order valence-electron chi connectivity index (χ4n) is 1.72. The largest absolute Gasteiger partial charge is 0.352 e. The van der Waals surface area contributed by atoms with Gasteiger partial charge in [-0.1, -0.05) is 0 Å². The average molecular weight is 317 g/mol. The minimum absolute atomic E-state index is 0.311. The quantitative estimate of drug-likeness (QED) is 0.603. The van der Waals surface area contributed by atoms with Crippen molar-refractivity contribution >= 4 is 21.6 Å². The molecule has 1 fully saturated rings. The van der Waals surface area contributed by atoms with Crippen molar-refractivity contribution in [1.82, 2.24) is 5.32 Å². The van der Waals surface area contributed by atoms with E-state index in [9.17, 15) is 27.7 Å². The molecule has 3 N–H and O–H groups in total. The van der Waals surface area contributed by atoms with E-state index in [2.05, 4.69) is 5.32 Å². The number of carbonyl (C=O) groups is 1. The number of sulfonamides is 1. The Hall–Kier alpha value is -2.07. The number of hydrogen-bond donors (Lipinski definition) is 2. The highest BCUT2D eigenvalue weighted by Crippen LogP contribution is 2.28. The predicted octanol–water partition coefficient (Wildman–Crippen LogP) is 0.521. The first-order valence-corrected chi connectivity index (χ1v) is 7.53. The van der Waals surface area contributed by atoms with Crippen LogP contribution in [0, 0.1) is 21.8 Å². The fourth-order valence-corrected chi connectivity index (χ4v) is 2.36. The molecule has 1 aliphatic rings. The van der Waals surface area contributed by atoms with Gasteiger partial charge in [0.05, 0.1) is 10.5 Å². The van der Waals surface area contributed by atoms with Gasteiger partial charge in [0.15, 0.2) is 5.82 Å². The first-order chi connectivity index (χ1) is 9.70. The monoisotopic (exact) mass is 317 g/mol. The molecule has 10 heteroatoms. The molecular formula is C11H12FN3O5S. The summed E-state index contributed by atoms with van der Waals surface area (Å²) in [7, 11) is -4.52. The van der Waals surface area contributed by atoms with Crippen molar-refractivity contribution in [1.29, 1.82) is 0 Å².